The minimum atomic E-state index is -0.284. The van der Waals surface area contributed by atoms with Crippen molar-refractivity contribution in [1.29, 1.82) is 0 Å². The highest BCUT2D eigenvalue weighted by atomic mass is 16.2. The number of amides is 2. The van der Waals surface area contributed by atoms with Gasteiger partial charge in [-0.3, -0.25) is 9.59 Å². The van der Waals surface area contributed by atoms with Crippen LogP contribution in [0.2, 0.25) is 0 Å². The van der Waals surface area contributed by atoms with Crippen LogP contribution in [0.1, 0.15) is 17.3 Å². The van der Waals surface area contributed by atoms with E-state index in [9.17, 15) is 9.59 Å². The van der Waals surface area contributed by atoms with Crippen LogP contribution in [0.25, 0.3) is 0 Å². The van der Waals surface area contributed by atoms with E-state index in [1.54, 1.807) is 24.3 Å². The highest BCUT2D eigenvalue weighted by Crippen LogP contribution is 2.14. The molecule has 1 aromatic carbocycles. The number of rotatable bonds is 3. The zero-order chi connectivity index (χ0) is 13.7. The molecular weight excluding hydrogens is 244 g/mol. The van der Waals surface area contributed by atoms with Crippen molar-refractivity contribution >= 4 is 23.2 Å². The van der Waals surface area contributed by atoms with Gasteiger partial charge in [-0.25, -0.2) is 9.97 Å². The summed E-state index contributed by atoms with van der Waals surface area (Å²) in [5.41, 5.74) is 1.69. The maximum absolute atomic E-state index is 11.8. The van der Waals surface area contributed by atoms with Crippen LogP contribution in [0.5, 0.6) is 0 Å². The molecule has 6 nitrogen and oxygen atoms in total. The molecule has 0 bridgehead atoms. The van der Waals surface area contributed by atoms with Crippen LogP contribution >= 0.6 is 0 Å². The molecule has 0 atom stereocenters. The predicted octanol–water partition coefficient (Wildman–Crippen LogP) is 1.69. The number of anilines is 2. The molecule has 1 aromatic heterocycles. The normalized spacial score (nSPS) is 9.74. The molecule has 2 N–H and O–H groups in total. The number of benzene rings is 1. The Balaban J connectivity index is 2.04. The van der Waals surface area contributed by atoms with E-state index in [0.29, 0.717) is 16.9 Å². The van der Waals surface area contributed by atoms with E-state index in [0.717, 1.165) is 0 Å². The molecule has 0 aliphatic heterocycles. The summed E-state index contributed by atoms with van der Waals surface area (Å²) in [5.74, 6) is -0.425. The van der Waals surface area contributed by atoms with E-state index in [-0.39, 0.29) is 11.8 Å². The van der Waals surface area contributed by atoms with Crippen molar-refractivity contribution < 1.29 is 9.59 Å². The SMILES string of the molecule is CC(=O)Nc1ccc(NC(=O)c2cncnc2)cc1. The molecule has 0 aliphatic carbocycles. The molecule has 0 saturated carbocycles. The Hall–Kier alpha value is -2.76. The number of hydrogen-bond donors (Lipinski definition) is 2. The second-order valence-corrected chi connectivity index (χ2v) is 3.84. The number of aromatic nitrogens is 2. The summed E-state index contributed by atoms with van der Waals surface area (Å²) in [6, 6.07) is 6.82. The fraction of sp³-hybridized carbons (Fsp3) is 0.0769. The van der Waals surface area contributed by atoms with Gasteiger partial charge in [0.05, 0.1) is 5.56 Å². The molecule has 96 valence electrons. The smallest absolute Gasteiger partial charge is 0.258 e. The van der Waals surface area contributed by atoms with E-state index in [2.05, 4.69) is 20.6 Å². The lowest BCUT2D eigenvalue weighted by Crippen LogP contribution is -2.12. The van der Waals surface area contributed by atoms with Crippen molar-refractivity contribution in [2.24, 2.45) is 0 Å². The van der Waals surface area contributed by atoms with Crippen molar-refractivity contribution in [3.63, 3.8) is 0 Å². The first-order valence-electron chi connectivity index (χ1n) is 5.59. The Morgan fingerprint density at radius 3 is 2.00 bits per heavy atom. The first kappa shape index (κ1) is 12.7. The van der Waals surface area contributed by atoms with Gasteiger partial charge in [0.2, 0.25) is 5.91 Å². The lowest BCUT2D eigenvalue weighted by molar-refractivity contribution is -0.114. The molecule has 2 aromatic rings. The van der Waals surface area contributed by atoms with Crippen LogP contribution in [0, 0.1) is 0 Å². The Morgan fingerprint density at radius 2 is 1.47 bits per heavy atom. The van der Waals surface area contributed by atoms with Gasteiger partial charge in [0, 0.05) is 30.7 Å². The van der Waals surface area contributed by atoms with Crippen LogP contribution in [0.15, 0.2) is 43.0 Å². The molecule has 0 radical (unpaired) electrons. The number of nitrogens with one attached hydrogen (secondary N) is 2. The van der Waals surface area contributed by atoms with Crippen molar-refractivity contribution in [2.75, 3.05) is 10.6 Å². The highest BCUT2D eigenvalue weighted by molar-refractivity contribution is 6.04. The third-order valence-electron chi connectivity index (χ3n) is 2.29. The van der Waals surface area contributed by atoms with Gasteiger partial charge in [-0.05, 0) is 24.3 Å². The van der Waals surface area contributed by atoms with Gasteiger partial charge < -0.3 is 10.6 Å². The highest BCUT2D eigenvalue weighted by Gasteiger charge is 2.06. The Kier molecular flexibility index (Phi) is 3.82. The van der Waals surface area contributed by atoms with Gasteiger partial charge in [0.25, 0.3) is 5.91 Å². The van der Waals surface area contributed by atoms with Gasteiger partial charge in [0.1, 0.15) is 6.33 Å². The van der Waals surface area contributed by atoms with E-state index >= 15 is 0 Å². The van der Waals surface area contributed by atoms with Crippen molar-refractivity contribution in [1.82, 2.24) is 9.97 Å². The lowest BCUT2D eigenvalue weighted by atomic mass is 10.2. The van der Waals surface area contributed by atoms with Crippen LogP contribution < -0.4 is 10.6 Å². The van der Waals surface area contributed by atoms with Gasteiger partial charge in [-0.1, -0.05) is 0 Å². The van der Waals surface area contributed by atoms with E-state index in [1.165, 1.54) is 25.6 Å². The summed E-state index contributed by atoms with van der Waals surface area (Å²) >= 11 is 0. The Labute approximate surface area is 109 Å². The molecule has 6 heteroatoms. The number of carbonyl (C=O) groups excluding carboxylic acids is 2. The molecule has 0 aliphatic rings. The van der Waals surface area contributed by atoms with Crippen molar-refractivity contribution in [3.05, 3.63) is 48.5 Å². The molecule has 2 rings (SSSR count). The molecule has 1 heterocycles. The van der Waals surface area contributed by atoms with Gasteiger partial charge in [-0.15, -0.1) is 0 Å². The average Bonchev–Trinajstić information content (AvgIpc) is 2.41. The number of hydrogen-bond acceptors (Lipinski definition) is 4. The van der Waals surface area contributed by atoms with Crippen molar-refractivity contribution in [2.45, 2.75) is 6.92 Å². The topological polar surface area (TPSA) is 84.0 Å². The third-order valence-corrected chi connectivity index (χ3v) is 2.29. The van der Waals surface area contributed by atoms with Gasteiger partial charge in [-0.2, -0.15) is 0 Å². The summed E-state index contributed by atoms with van der Waals surface area (Å²) in [5, 5.41) is 5.35. The molecule has 0 unspecified atom stereocenters. The monoisotopic (exact) mass is 256 g/mol. The molecule has 0 saturated heterocycles. The van der Waals surface area contributed by atoms with Gasteiger partial charge >= 0.3 is 0 Å². The summed E-state index contributed by atoms with van der Waals surface area (Å²) in [6.45, 7) is 1.44. The van der Waals surface area contributed by atoms with Gasteiger partial charge in [0.15, 0.2) is 0 Å². The van der Waals surface area contributed by atoms with E-state index in [1.807, 2.05) is 0 Å². The minimum absolute atomic E-state index is 0.141. The molecule has 19 heavy (non-hydrogen) atoms. The van der Waals surface area contributed by atoms with E-state index in [4.69, 9.17) is 0 Å². The number of carbonyl (C=O) groups is 2. The largest absolute Gasteiger partial charge is 0.326 e. The minimum Gasteiger partial charge on any atom is -0.326 e. The molecule has 2 amide bonds. The van der Waals surface area contributed by atoms with Crippen LogP contribution in [-0.2, 0) is 4.79 Å². The fourth-order valence-corrected chi connectivity index (χ4v) is 1.46. The molecule has 0 spiro atoms. The summed E-state index contributed by atoms with van der Waals surface area (Å²) in [6.07, 6.45) is 4.24. The first-order chi connectivity index (χ1) is 9.15. The zero-order valence-corrected chi connectivity index (χ0v) is 10.3. The fourth-order valence-electron chi connectivity index (χ4n) is 1.46. The maximum Gasteiger partial charge on any atom is 0.258 e. The first-order valence-corrected chi connectivity index (χ1v) is 5.59. The Bertz CT molecular complexity index is 581. The van der Waals surface area contributed by atoms with Crippen molar-refractivity contribution in [3.8, 4) is 0 Å². The second kappa shape index (κ2) is 5.72. The molecular formula is C13H12N4O2. The van der Waals surface area contributed by atoms with E-state index < -0.39 is 0 Å². The molecule has 0 fully saturated rings. The van der Waals surface area contributed by atoms with Crippen LogP contribution in [0.4, 0.5) is 11.4 Å². The summed E-state index contributed by atoms with van der Waals surface area (Å²) in [4.78, 5) is 30.2. The predicted molar refractivity (Wildman–Crippen MR) is 70.7 cm³/mol. The Morgan fingerprint density at radius 1 is 0.947 bits per heavy atom. The quantitative estimate of drug-likeness (QED) is 0.875. The van der Waals surface area contributed by atoms with Crippen LogP contribution in [-0.4, -0.2) is 21.8 Å². The lowest BCUT2D eigenvalue weighted by Gasteiger charge is -2.06. The third kappa shape index (κ3) is 3.60. The summed E-state index contributed by atoms with van der Waals surface area (Å²) in [7, 11) is 0. The summed E-state index contributed by atoms with van der Waals surface area (Å²) < 4.78 is 0. The maximum atomic E-state index is 11.8. The number of nitrogens with zero attached hydrogens (tertiary/aromatic N) is 2. The average molecular weight is 256 g/mol. The van der Waals surface area contributed by atoms with Crippen LogP contribution in [0.3, 0.4) is 0 Å². The zero-order valence-electron chi connectivity index (χ0n) is 10.3. The second-order valence-electron chi connectivity index (χ2n) is 3.84. The standard InChI is InChI=1S/C13H12N4O2/c1-9(18)16-11-2-4-12(5-3-11)17-13(19)10-6-14-8-15-7-10/h2-8H,1H3,(H,16,18)(H,17,19).